The Hall–Kier alpha value is -5.99. The molecule has 0 aliphatic carbocycles. The summed E-state index contributed by atoms with van der Waals surface area (Å²) in [5.41, 5.74) is 9.48. The van der Waals surface area contributed by atoms with Gasteiger partial charge in [-0.25, -0.2) is 0 Å². The summed E-state index contributed by atoms with van der Waals surface area (Å²) < 4.78 is 21.4. The van der Waals surface area contributed by atoms with Gasteiger partial charge in [-0.3, -0.25) is 0 Å². The Balaban J connectivity index is 1.21. The van der Waals surface area contributed by atoms with E-state index in [1.165, 1.54) is 0 Å². The molecule has 0 fully saturated rings. The molecule has 5 heteroatoms. The molecule has 1 aliphatic heterocycles. The summed E-state index contributed by atoms with van der Waals surface area (Å²) in [4.78, 5) is 0. The van der Waals surface area contributed by atoms with Crippen LogP contribution in [-0.2, 0) is 0 Å². The number of hydrogen-bond acceptors (Lipinski definition) is 4. The first-order valence-corrected chi connectivity index (χ1v) is 15.0. The molecule has 3 heterocycles. The minimum absolute atomic E-state index is 0.643. The molecule has 0 atom stereocenters. The van der Waals surface area contributed by atoms with Crippen LogP contribution in [0.15, 0.2) is 126 Å². The fourth-order valence-electron chi connectivity index (χ4n) is 6.74. The van der Waals surface area contributed by atoms with Gasteiger partial charge in [0.25, 0.3) is 0 Å². The first-order chi connectivity index (χ1) is 22.0. The van der Waals surface area contributed by atoms with Gasteiger partial charge in [-0.05, 0) is 83.9 Å². The standard InChI is InChI=1S/C40H26N2O3/c1-40(2)44-37-18-14-27(42-34-9-5-3-7-28(34)32-19-24(23-41)11-17-35(32)42)22-33(37)31-16-13-26(21-39(31)45-40)25-12-15-30-29-8-4-6-10-36(29)43-38(30)20-25/h3-22H,1-2H3. The first kappa shape index (κ1) is 25.5. The molecule has 214 valence electrons. The molecular weight excluding hydrogens is 556 g/mol. The maximum atomic E-state index is 9.57. The van der Waals surface area contributed by atoms with E-state index in [1.807, 2.05) is 68.4 Å². The summed E-state index contributed by atoms with van der Waals surface area (Å²) in [6, 6.07) is 43.6. The monoisotopic (exact) mass is 582 g/mol. The van der Waals surface area contributed by atoms with Crippen molar-refractivity contribution in [2.45, 2.75) is 19.6 Å². The van der Waals surface area contributed by atoms with Crippen molar-refractivity contribution in [2.75, 3.05) is 0 Å². The lowest BCUT2D eigenvalue weighted by Crippen LogP contribution is -2.34. The molecule has 5 nitrogen and oxygen atoms in total. The van der Waals surface area contributed by atoms with E-state index in [-0.39, 0.29) is 0 Å². The summed E-state index contributed by atoms with van der Waals surface area (Å²) in [6.07, 6.45) is 0. The van der Waals surface area contributed by atoms with Crippen LogP contribution in [0.25, 0.3) is 71.7 Å². The highest BCUT2D eigenvalue weighted by Gasteiger charge is 2.30. The van der Waals surface area contributed by atoms with Gasteiger partial charge in [-0.15, -0.1) is 0 Å². The van der Waals surface area contributed by atoms with Crippen LogP contribution in [-0.4, -0.2) is 10.4 Å². The van der Waals surface area contributed by atoms with Gasteiger partial charge in [0.2, 0.25) is 5.79 Å². The molecule has 0 saturated heterocycles. The highest BCUT2D eigenvalue weighted by Crippen LogP contribution is 2.46. The average molecular weight is 583 g/mol. The topological polar surface area (TPSA) is 60.3 Å². The number of fused-ring (bicyclic) bond motifs is 9. The number of nitriles is 1. The van der Waals surface area contributed by atoms with Crippen molar-refractivity contribution >= 4 is 43.7 Å². The second kappa shape index (κ2) is 9.25. The smallest absolute Gasteiger partial charge is 0.245 e. The van der Waals surface area contributed by atoms with E-state index in [0.717, 1.165) is 83.2 Å². The van der Waals surface area contributed by atoms with Gasteiger partial charge in [-0.1, -0.05) is 48.5 Å². The summed E-state index contributed by atoms with van der Waals surface area (Å²) in [6.45, 7) is 3.87. The zero-order valence-electron chi connectivity index (χ0n) is 24.7. The molecule has 0 saturated carbocycles. The van der Waals surface area contributed by atoms with Crippen LogP contribution >= 0.6 is 0 Å². The maximum Gasteiger partial charge on any atom is 0.245 e. The van der Waals surface area contributed by atoms with Crippen LogP contribution in [0.2, 0.25) is 0 Å². The number of aromatic nitrogens is 1. The molecule has 0 amide bonds. The Morgan fingerprint density at radius 3 is 2.20 bits per heavy atom. The Kier molecular flexibility index (Phi) is 5.24. The number of nitrogens with zero attached hydrogens (tertiary/aromatic N) is 2. The third-order valence-electron chi connectivity index (χ3n) is 8.72. The molecular formula is C40H26N2O3. The van der Waals surface area contributed by atoms with E-state index in [1.54, 1.807) is 0 Å². The fraction of sp³-hybridized carbons (Fsp3) is 0.0750. The van der Waals surface area contributed by atoms with Crippen LogP contribution in [0.1, 0.15) is 19.4 Å². The predicted octanol–water partition coefficient (Wildman–Crippen LogP) is 10.4. The van der Waals surface area contributed by atoms with E-state index in [2.05, 4.69) is 77.4 Å². The normalized spacial score (nSPS) is 13.6. The van der Waals surface area contributed by atoms with Gasteiger partial charge < -0.3 is 18.5 Å². The molecule has 9 rings (SSSR count). The third kappa shape index (κ3) is 3.93. The van der Waals surface area contributed by atoms with Gasteiger partial charge in [0.05, 0.1) is 22.7 Å². The molecule has 0 unspecified atom stereocenters. The fourth-order valence-corrected chi connectivity index (χ4v) is 6.74. The van der Waals surface area contributed by atoms with Crippen molar-refractivity contribution in [2.24, 2.45) is 0 Å². The highest BCUT2D eigenvalue weighted by atomic mass is 16.7. The van der Waals surface area contributed by atoms with Crippen molar-refractivity contribution in [3.8, 4) is 45.5 Å². The number of ether oxygens (including phenoxy) is 2. The number of hydrogen-bond donors (Lipinski definition) is 0. The van der Waals surface area contributed by atoms with Crippen LogP contribution < -0.4 is 9.47 Å². The number of furan rings is 1. The van der Waals surface area contributed by atoms with Gasteiger partial charge in [-0.2, -0.15) is 5.26 Å². The van der Waals surface area contributed by atoms with Crippen molar-refractivity contribution in [3.05, 3.63) is 127 Å². The second-order valence-electron chi connectivity index (χ2n) is 12.0. The number of para-hydroxylation sites is 2. The molecule has 0 spiro atoms. The zero-order chi connectivity index (χ0) is 30.3. The SMILES string of the molecule is CC1(C)Oc2cc(-c3ccc4c(c3)oc3ccccc34)ccc2-c2cc(-n3c4ccccc4c4cc(C#N)ccc43)ccc2O1. The number of rotatable bonds is 2. The van der Waals surface area contributed by atoms with E-state index < -0.39 is 5.79 Å². The van der Waals surface area contributed by atoms with Gasteiger partial charge in [0.15, 0.2) is 0 Å². The zero-order valence-corrected chi connectivity index (χ0v) is 24.7. The lowest BCUT2D eigenvalue weighted by Gasteiger charge is -2.26. The first-order valence-electron chi connectivity index (χ1n) is 15.0. The highest BCUT2D eigenvalue weighted by molar-refractivity contribution is 6.10. The quantitative estimate of drug-likeness (QED) is 0.203. The van der Waals surface area contributed by atoms with E-state index >= 15 is 0 Å². The van der Waals surface area contributed by atoms with Crippen molar-refractivity contribution in [1.82, 2.24) is 4.57 Å². The molecule has 0 N–H and O–H groups in total. The van der Waals surface area contributed by atoms with E-state index in [9.17, 15) is 5.26 Å². The van der Waals surface area contributed by atoms with Crippen LogP contribution in [0, 0.1) is 11.3 Å². The molecule has 6 aromatic carbocycles. The Morgan fingerprint density at radius 1 is 0.578 bits per heavy atom. The Bertz CT molecular complexity index is 2540. The third-order valence-corrected chi connectivity index (χ3v) is 8.72. The average Bonchev–Trinajstić information content (AvgIpc) is 3.56. The summed E-state index contributed by atoms with van der Waals surface area (Å²) in [5, 5.41) is 13.9. The largest absolute Gasteiger partial charge is 0.456 e. The van der Waals surface area contributed by atoms with Crippen LogP contribution in [0.4, 0.5) is 0 Å². The van der Waals surface area contributed by atoms with Crippen LogP contribution in [0.3, 0.4) is 0 Å². The molecule has 0 radical (unpaired) electrons. The van der Waals surface area contributed by atoms with E-state index in [0.29, 0.717) is 5.56 Å². The van der Waals surface area contributed by atoms with Gasteiger partial charge >= 0.3 is 0 Å². The van der Waals surface area contributed by atoms with Crippen LogP contribution in [0.5, 0.6) is 11.5 Å². The van der Waals surface area contributed by atoms with Crippen molar-refractivity contribution in [3.63, 3.8) is 0 Å². The van der Waals surface area contributed by atoms with Gasteiger partial charge in [0.1, 0.15) is 22.7 Å². The lowest BCUT2D eigenvalue weighted by atomic mass is 9.97. The minimum atomic E-state index is -0.886. The molecule has 45 heavy (non-hydrogen) atoms. The minimum Gasteiger partial charge on any atom is -0.456 e. The van der Waals surface area contributed by atoms with Gasteiger partial charge in [0, 0.05) is 52.2 Å². The van der Waals surface area contributed by atoms with Crippen molar-refractivity contribution in [1.29, 1.82) is 5.26 Å². The second-order valence-corrected chi connectivity index (χ2v) is 12.0. The lowest BCUT2D eigenvalue weighted by molar-refractivity contribution is -0.0778. The Labute approximate surface area is 259 Å². The molecule has 8 aromatic rings. The summed E-state index contributed by atoms with van der Waals surface area (Å²) in [7, 11) is 0. The Morgan fingerprint density at radius 2 is 1.31 bits per heavy atom. The summed E-state index contributed by atoms with van der Waals surface area (Å²) >= 11 is 0. The number of benzene rings is 6. The van der Waals surface area contributed by atoms with Crippen molar-refractivity contribution < 1.29 is 13.9 Å². The van der Waals surface area contributed by atoms with E-state index in [4.69, 9.17) is 13.9 Å². The molecule has 0 bridgehead atoms. The molecule has 2 aromatic heterocycles. The summed E-state index contributed by atoms with van der Waals surface area (Å²) in [5.74, 6) is 0.620. The maximum absolute atomic E-state index is 9.57. The molecule has 1 aliphatic rings. The predicted molar refractivity (Wildman–Crippen MR) is 179 cm³/mol.